The average molecular weight is 191 g/mol. The van der Waals surface area contributed by atoms with Crippen LogP contribution >= 0.6 is 0 Å². The first-order valence-corrected chi connectivity index (χ1v) is 6.06. The van der Waals surface area contributed by atoms with Gasteiger partial charge in [-0.3, -0.25) is 0 Å². The first-order valence-electron chi connectivity index (χ1n) is 6.06. The summed E-state index contributed by atoms with van der Waals surface area (Å²) in [7, 11) is 38.2. The Morgan fingerprint density at radius 3 is 2.18 bits per heavy atom. The molecule has 0 aromatic carbocycles. The lowest BCUT2D eigenvalue weighted by Gasteiger charge is -2.44. The standard InChI is InChI=1S/C2H5B15/c1-11-2-12(14(7)9-3)17(13(5)6)16(10-4)15(11)8/h2H2,1H3. The molecule has 1 aliphatic heterocycles. The van der Waals surface area contributed by atoms with Gasteiger partial charge >= 0.3 is 0 Å². The van der Waals surface area contributed by atoms with E-state index in [2.05, 4.69) is 6.82 Å². The van der Waals surface area contributed by atoms with E-state index < -0.39 is 6.39 Å². The first kappa shape index (κ1) is 16.0. The van der Waals surface area contributed by atoms with Crippen LogP contribution in [0.4, 0.5) is 0 Å². The Morgan fingerprint density at radius 2 is 1.76 bits per heavy atom. The maximum atomic E-state index is 6.16. The molecule has 58 valence electrons. The van der Waals surface area contributed by atoms with E-state index in [1.165, 1.54) is 7.06 Å². The van der Waals surface area contributed by atoms with Gasteiger partial charge in [0.25, 0.3) is 0 Å². The number of rotatable bonds is 4. The van der Waals surface area contributed by atoms with Crippen LogP contribution in [0.1, 0.15) is 0 Å². The largest absolute Gasteiger partial charge is 0.117 e. The summed E-state index contributed by atoms with van der Waals surface area (Å²) in [6.07, 6.45) is 0.0774. The summed E-state index contributed by atoms with van der Waals surface area (Å²) in [6, 6.07) is 0. The molecule has 0 unspecified atom stereocenters. The third kappa shape index (κ3) is 3.50. The van der Waals surface area contributed by atoms with E-state index in [4.69, 9.17) is 46.4 Å². The van der Waals surface area contributed by atoms with Crippen molar-refractivity contribution >= 4 is 106 Å². The third-order valence-electron chi connectivity index (χ3n) is 4.07. The molecule has 1 fully saturated rings. The quantitative estimate of drug-likeness (QED) is 0.392. The second-order valence-electron chi connectivity index (χ2n) is 5.15. The molecule has 17 heavy (non-hydrogen) atoms. The van der Waals surface area contributed by atoms with Crippen LogP contribution in [0.5, 0.6) is 0 Å². The highest BCUT2D eigenvalue weighted by Gasteiger charge is 2.47. The molecule has 15 heteroatoms. The second kappa shape index (κ2) is 6.94. The van der Waals surface area contributed by atoms with Crippen molar-refractivity contribution in [3.05, 3.63) is 0 Å². The van der Waals surface area contributed by atoms with Crippen LogP contribution in [-0.4, -0.2) is 106 Å². The Labute approximate surface area is 119 Å². The topological polar surface area (TPSA) is 0 Å². The van der Waals surface area contributed by atoms with Gasteiger partial charge in [-0.1, -0.05) is 6.82 Å². The number of hydrogen-bond acceptors (Lipinski definition) is 0. The van der Waals surface area contributed by atoms with Crippen molar-refractivity contribution < 1.29 is 0 Å². The van der Waals surface area contributed by atoms with E-state index >= 15 is 0 Å². The fourth-order valence-electron chi connectivity index (χ4n) is 3.02. The van der Waals surface area contributed by atoms with E-state index in [-0.39, 0.29) is 32.0 Å². The Bertz CT molecular complexity index is 227. The lowest BCUT2D eigenvalue weighted by Crippen LogP contribution is -2.79. The molecule has 1 heterocycles. The fraction of sp³-hybridized carbons (Fsp3) is 1.00. The first-order chi connectivity index (χ1) is 7.93. The molecule has 0 aromatic heterocycles. The van der Waals surface area contributed by atoms with E-state index in [0.29, 0.717) is 6.60 Å². The lowest BCUT2D eigenvalue weighted by molar-refractivity contribution is 1.93. The Morgan fingerprint density at radius 1 is 1.18 bits per heavy atom. The zero-order valence-electron chi connectivity index (χ0n) is 10.4. The predicted octanol–water partition coefficient (Wildman–Crippen LogP) is -4.67. The van der Waals surface area contributed by atoms with Gasteiger partial charge in [-0.05, 0) is 0 Å². The molecule has 0 saturated carbocycles. The highest BCUT2D eigenvalue weighted by molar-refractivity contribution is 8.11. The molecule has 0 nitrogen and oxygen atoms in total. The van der Waals surface area contributed by atoms with Crippen LogP contribution in [0.15, 0.2) is 0 Å². The fourth-order valence-corrected chi connectivity index (χ4v) is 3.02. The lowest BCUT2D eigenvalue weighted by atomic mass is 8.43. The third-order valence-corrected chi connectivity index (χ3v) is 4.07. The van der Waals surface area contributed by atoms with Crippen molar-refractivity contribution in [2.45, 2.75) is 13.0 Å². The summed E-state index contributed by atoms with van der Waals surface area (Å²) in [5, 5.41) is 0. The molecule has 1 aliphatic rings. The highest BCUT2D eigenvalue weighted by atomic mass is 13.5. The van der Waals surface area contributed by atoms with Gasteiger partial charge in [0.15, 0.2) is 0 Å². The average Bonchev–Trinajstić information content (AvgIpc) is 2.30. The van der Waals surface area contributed by atoms with Crippen LogP contribution in [0.2, 0.25) is 13.0 Å². The van der Waals surface area contributed by atoms with E-state index in [9.17, 15) is 0 Å². The van der Waals surface area contributed by atoms with Crippen LogP contribution in [0, 0.1) is 0 Å². The van der Waals surface area contributed by atoms with E-state index in [1.807, 2.05) is 0 Å². The molecule has 14 radical (unpaired) electrons. The molecular weight excluding hydrogens is 186 g/mol. The molecule has 0 aromatic rings. The predicted molar refractivity (Wildman–Crippen MR) is 97.0 cm³/mol. The van der Waals surface area contributed by atoms with Crippen molar-refractivity contribution in [1.82, 2.24) is 0 Å². The van der Waals surface area contributed by atoms with E-state index in [0.717, 1.165) is 6.22 Å². The monoisotopic (exact) mass is 194 g/mol. The molecule has 0 spiro atoms. The summed E-state index contributed by atoms with van der Waals surface area (Å²) >= 11 is 0. The van der Waals surface area contributed by atoms with Crippen molar-refractivity contribution in [2.75, 3.05) is 0 Å². The Balaban J connectivity index is 2.94. The molecule has 0 atom stereocenters. The molecule has 0 N–H and O–H groups in total. The van der Waals surface area contributed by atoms with E-state index in [1.54, 1.807) is 7.06 Å². The van der Waals surface area contributed by atoms with Gasteiger partial charge in [0, 0.05) is 99.0 Å². The van der Waals surface area contributed by atoms with Crippen LogP contribution in [0.3, 0.4) is 0 Å². The minimum atomic E-state index is -0.491. The molecule has 0 bridgehead atoms. The Hall–Kier alpha value is 0.974. The van der Waals surface area contributed by atoms with Crippen molar-refractivity contribution in [2.24, 2.45) is 0 Å². The maximum absolute atomic E-state index is 6.16. The summed E-state index contributed by atoms with van der Waals surface area (Å²) in [5.74, 6) is 0. The summed E-state index contributed by atoms with van der Waals surface area (Å²) in [4.78, 5) is 0. The van der Waals surface area contributed by atoms with Gasteiger partial charge in [0.05, 0.1) is 6.60 Å². The van der Waals surface area contributed by atoms with Gasteiger partial charge in [0.2, 0.25) is 0 Å². The van der Waals surface area contributed by atoms with Gasteiger partial charge in [-0.2, -0.15) is 0 Å². The SMILES string of the molecule is [B][B]B([B])B1CB(C)B([B])B([B][B])B1B([B])[B]. The summed E-state index contributed by atoms with van der Waals surface area (Å²) in [5.41, 5.74) is 0. The van der Waals surface area contributed by atoms with Gasteiger partial charge in [-0.25, -0.2) is 0 Å². The molecule has 0 amide bonds. The molecule has 0 aliphatic carbocycles. The second-order valence-corrected chi connectivity index (χ2v) is 5.15. The van der Waals surface area contributed by atoms with Gasteiger partial charge in [0.1, 0.15) is 0 Å². The van der Waals surface area contributed by atoms with Crippen molar-refractivity contribution in [1.29, 1.82) is 0 Å². The number of hydrogen-bond donors (Lipinski definition) is 0. The van der Waals surface area contributed by atoms with Gasteiger partial charge < -0.3 is 0 Å². The minimum absolute atomic E-state index is 0.0188. The minimum Gasteiger partial charge on any atom is -0.117 e. The highest BCUT2D eigenvalue weighted by Crippen LogP contribution is 2.16. The zero-order chi connectivity index (χ0) is 13.2. The smallest absolute Gasteiger partial charge is 0.0779 e. The normalized spacial score (nSPS) is 15.9. The van der Waals surface area contributed by atoms with Crippen molar-refractivity contribution in [3.8, 4) is 0 Å². The molecule has 1 saturated heterocycles. The molecular formula is C2H5B15. The van der Waals surface area contributed by atoms with Crippen molar-refractivity contribution in [3.63, 3.8) is 0 Å². The van der Waals surface area contributed by atoms with Crippen LogP contribution in [-0.2, 0) is 0 Å². The Kier molecular flexibility index (Phi) is 6.55. The van der Waals surface area contributed by atoms with Crippen LogP contribution in [0.25, 0.3) is 0 Å². The summed E-state index contributed by atoms with van der Waals surface area (Å²) < 4.78 is 0. The zero-order valence-corrected chi connectivity index (χ0v) is 10.4. The van der Waals surface area contributed by atoms with Crippen LogP contribution < -0.4 is 0 Å². The summed E-state index contributed by atoms with van der Waals surface area (Å²) in [6.45, 7) is 2.54. The molecule has 1 rings (SSSR count). The van der Waals surface area contributed by atoms with Gasteiger partial charge in [-0.15, -0.1) is 6.22 Å². The maximum Gasteiger partial charge on any atom is 0.0779 e.